The highest BCUT2D eigenvalue weighted by Gasteiger charge is 2.39. The standard InChI is InChI=1S/C23H24O5/c1-25-17-10-12-19(21(14-17)27-3)23(24,16-8-6-5-7-9-16)20-13-11-18(26-2)15-22(20)28-4/h5-15,24H,1-4H3. The molecule has 0 aromatic heterocycles. The van der Waals surface area contributed by atoms with Crippen molar-refractivity contribution in [3.63, 3.8) is 0 Å². The molecule has 0 amide bonds. The van der Waals surface area contributed by atoms with Gasteiger partial charge in [-0.2, -0.15) is 0 Å². The Hall–Kier alpha value is -3.18. The second-order valence-corrected chi connectivity index (χ2v) is 6.21. The Balaban J connectivity index is 2.33. The summed E-state index contributed by atoms with van der Waals surface area (Å²) in [7, 11) is 6.30. The van der Waals surface area contributed by atoms with Gasteiger partial charge in [-0.1, -0.05) is 30.3 Å². The summed E-state index contributed by atoms with van der Waals surface area (Å²) in [6, 6.07) is 20.1. The van der Waals surface area contributed by atoms with E-state index in [1.807, 2.05) is 30.3 Å². The average molecular weight is 380 g/mol. The van der Waals surface area contributed by atoms with Crippen molar-refractivity contribution < 1.29 is 24.1 Å². The third kappa shape index (κ3) is 3.37. The maximum Gasteiger partial charge on any atom is 0.147 e. The predicted molar refractivity (Wildman–Crippen MR) is 108 cm³/mol. The summed E-state index contributed by atoms with van der Waals surface area (Å²) in [5, 5.41) is 12.1. The van der Waals surface area contributed by atoms with Crippen LogP contribution in [0.15, 0.2) is 66.7 Å². The molecule has 0 saturated carbocycles. The number of methoxy groups -OCH3 is 4. The first-order chi connectivity index (χ1) is 13.6. The largest absolute Gasteiger partial charge is 0.497 e. The molecule has 0 fully saturated rings. The van der Waals surface area contributed by atoms with Gasteiger partial charge in [0.1, 0.15) is 28.6 Å². The molecule has 146 valence electrons. The minimum absolute atomic E-state index is 0.503. The first-order valence-corrected chi connectivity index (χ1v) is 8.81. The van der Waals surface area contributed by atoms with Crippen LogP contribution in [0.4, 0.5) is 0 Å². The lowest BCUT2D eigenvalue weighted by Gasteiger charge is -2.32. The van der Waals surface area contributed by atoms with E-state index in [0.29, 0.717) is 39.7 Å². The van der Waals surface area contributed by atoms with Gasteiger partial charge < -0.3 is 24.1 Å². The van der Waals surface area contributed by atoms with Crippen molar-refractivity contribution in [2.75, 3.05) is 28.4 Å². The number of hydrogen-bond acceptors (Lipinski definition) is 5. The summed E-state index contributed by atoms with van der Waals surface area (Å²) in [6.07, 6.45) is 0. The Kier molecular flexibility index (Phi) is 5.76. The van der Waals surface area contributed by atoms with Crippen LogP contribution in [0, 0.1) is 0 Å². The van der Waals surface area contributed by atoms with Crippen molar-refractivity contribution in [3.05, 3.63) is 83.4 Å². The molecule has 0 atom stereocenters. The molecule has 1 N–H and O–H groups in total. The van der Waals surface area contributed by atoms with Gasteiger partial charge in [-0.3, -0.25) is 0 Å². The summed E-state index contributed by atoms with van der Waals surface area (Å²) in [5.41, 5.74) is 0.314. The number of aliphatic hydroxyl groups is 1. The minimum Gasteiger partial charge on any atom is -0.497 e. The van der Waals surface area contributed by atoms with E-state index in [-0.39, 0.29) is 0 Å². The maximum atomic E-state index is 12.1. The van der Waals surface area contributed by atoms with Crippen LogP contribution in [0.1, 0.15) is 16.7 Å². The smallest absolute Gasteiger partial charge is 0.147 e. The Morgan fingerprint density at radius 1 is 0.607 bits per heavy atom. The molecule has 0 saturated heterocycles. The zero-order chi connectivity index (χ0) is 20.1. The molecular formula is C23H24O5. The van der Waals surface area contributed by atoms with E-state index in [4.69, 9.17) is 18.9 Å². The first kappa shape index (κ1) is 19.6. The fourth-order valence-corrected chi connectivity index (χ4v) is 3.33. The molecule has 3 rings (SSSR count). The lowest BCUT2D eigenvalue weighted by molar-refractivity contribution is 0.118. The van der Waals surface area contributed by atoms with Gasteiger partial charge in [0, 0.05) is 23.3 Å². The molecule has 0 spiro atoms. The second kappa shape index (κ2) is 8.23. The molecule has 0 bridgehead atoms. The highest BCUT2D eigenvalue weighted by atomic mass is 16.5. The molecule has 0 unspecified atom stereocenters. The van der Waals surface area contributed by atoms with E-state index >= 15 is 0 Å². The first-order valence-electron chi connectivity index (χ1n) is 8.81. The third-order valence-corrected chi connectivity index (χ3v) is 4.79. The van der Waals surface area contributed by atoms with Gasteiger partial charge in [0.2, 0.25) is 0 Å². The lowest BCUT2D eigenvalue weighted by Crippen LogP contribution is -2.30. The lowest BCUT2D eigenvalue weighted by atomic mass is 9.79. The number of benzene rings is 3. The molecule has 5 nitrogen and oxygen atoms in total. The summed E-state index contributed by atoms with van der Waals surface area (Å²) in [4.78, 5) is 0. The van der Waals surface area contributed by atoms with Crippen molar-refractivity contribution in [2.45, 2.75) is 5.60 Å². The molecule has 28 heavy (non-hydrogen) atoms. The van der Waals surface area contributed by atoms with Gasteiger partial charge in [0.25, 0.3) is 0 Å². The SMILES string of the molecule is COc1ccc(C(O)(c2ccccc2)c2ccc(OC)cc2OC)c(OC)c1. The highest BCUT2D eigenvalue weighted by Crippen LogP contribution is 2.46. The summed E-state index contributed by atoms with van der Waals surface area (Å²) < 4.78 is 21.8. The third-order valence-electron chi connectivity index (χ3n) is 4.79. The zero-order valence-electron chi connectivity index (χ0n) is 16.4. The Morgan fingerprint density at radius 2 is 1.07 bits per heavy atom. The van der Waals surface area contributed by atoms with E-state index in [1.54, 1.807) is 64.8 Å². The van der Waals surface area contributed by atoms with E-state index in [2.05, 4.69) is 0 Å². The van der Waals surface area contributed by atoms with Gasteiger partial charge in [-0.25, -0.2) is 0 Å². The topological polar surface area (TPSA) is 57.2 Å². The molecule has 5 heteroatoms. The monoisotopic (exact) mass is 380 g/mol. The van der Waals surface area contributed by atoms with Crippen molar-refractivity contribution in [1.29, 1.82) is 0 Å². The number of hydrogen-bond donors (Lipinski definition) is 1. The maximum absolute atomic E-state index is 12.1. The fraction of sp³-hybridized carbons (Fsp3) is 0.217. The van der Waals surface area contributed by atoms with E-state index in [0.717, 1.165) is 0 Å². The molecule has 3 aromatic rings. The van der Waals surface area contributed by atoms with Gasteiger partial charge in [0.15, 0.2) is 0 Å². The van der Waals surface area contributed by atoms with Crippen molar-refractivity contribution in [1.82, 2.24) is 0 Å². The van der Waals surface area contributed by atoms with Crippen LogP contribution in [0.2, 0.25) is 0 Å². The number of rotatable bonds is 7. The Morgan fingerprint density at radius 3 is 1.46 bits per heavy atom. The molecule has 0 heterocycles. The van der Waals surface area contributed by atoms with Crippen LogP contribution in [0.3, 0.4) is 0 Å². The van der Waals surface area contributed by atoms with E-state index in [1.165, 1.54) is 0 Å². The Labute approximate surface area is 165 Å². The van der Waals surface area contributed by atoms with Crippen molar-refractivity contribution in [3.8, 4) is 23.0 Å². The normalized spacial score (nSPS) is 11.0. The van der Waals surface area contributed by atoms with Crippen LogP contribution in [0.5, 0.6) is 23.0 Å². The fourth-order valence-electron chi connectivity index (χ4n) is 3.33. The van der Waals surface area contributed by atoms with Gasteiger partial charge >= 0.3 is 0 Å². The zero-order valence-corrected chi connectivity index (χ0v) is 16.4. The second-order valence-electron chi connectivity index (χ2n) is 6.21. The Bertz CT molecular complexity index is 881. The molecular weight excluding hydrogens is 356 g/mol. The minimum atomic E-state index is -1.52. The predicted octanol–water partition coefficient (Wildman–Crippen LogP) is 4.01. The summed E-state index contributed by atoms with van der Waals surface area (Å²) >= 11 is 0. The molecule has 0 aliphatic carbocycles. The quantitative estimate of drug-likeness (QED) is 0.628. The van der Waals surface area contributed by atoms with Gasteiger partial charge in [0.05, 0.1) is 28.4 Å². The van der Waals surface area contributed by atoms with Crippen molar-refractivity contribution in [2.24, 2.45) is 0 Å². The molecule has 3 aromatic carbocycles. The average Bonchev–Trinajstić information content (AvgIpc) is 2.78. The van der Waals surface area contributed by atoms with Gasteiger partial charge in [-0.05, 0) is 29.8 Å². The van der Waals surface area contributed by atoms with E-state index < -0.39 is 5.60 Å². The molecule has 0 radical (unpaired) electrons. The molecule has 0 aliphatic heterocycles. The van der Waals surface area contributed by atoms with Crippen LogP contribution in [0.25, 0.3) is 0 Å². The van der Waals surface area contributed by atoms with Crippen LogP contribution in [-0.4, -0.2) is 33.5 Å². The summed E-state index contributed by atoms with van der Waals surface area (Å²) in [5.74, 6) is 2.28. The summed E-state index contributed by atoms with van der Waals surface area (Å²) in [6.45, 7) is 0. The molecule has 0 aliphatic rings. The van der Waals surface area contributed by atoms with Crippen LogP contribution < -0.4 is 18.9 Å². The van der Waals surface area contributed by atoms with Crippen LogP contribution >= 0.6 is 0 Å². The van der Waals surface area contributed by atoms with Gasteiger partial charge in [-0.15, -0.1) is 0 Å². The van der Waals surface area contributed by atoms with Crippen LogP contribution in [-0.2, 0) is 5.60 Å². The number of ether oxygens (including phenoxy) is 4. The van der Waals surface area contributed by atoms with Crippen molar-refractivity contribution >= 4 is 0 Å². The van der Waals surface area contributed by atoms with E-state index in [9.17, 15) is 5.11 Å². The highest BCUT2D eigenvalue weighted by molar-refractivity contribution is 5.58.